The summed E-state index contributed by atoms with van der Waals surface area (Å²) in [6.07, 6.45) is 1.48. The van der Waals surface area contributed by atoms with Crippen LogP contribution >= 0.6 is 27.3 Å². The Labute approximate surface area is 214 Å². The van der Waals surface area contributed by atoms with Crippen LogP contribution in [-0.4, -0.2) is 27.7 Å². The lowest BCUT2D eigenvalue weighted by Crippen LogP contribution is -2.18. The minimum absolute atomic E-state index is 0.00615. The molecule has 3 N–H and O–H groups in total. The van der Waals surface area contributed by atoms with Crippen molar-refractivity contribution in [3.8, 4) is 0 Å². The molecule has 4 aromatic rings. The maximum absolute atomic E-state index is 12.9. The van der Waals surface area contributed by atoms with Crippen LogP contribution in [0.1, 0.15) is 10.4 Å². The van der Waals surface area contributed by atoms with E-state index in [9.17, 15) is 21.6 Å². The van der Waals surface area contributed by atoms with E-state index in [1.165, 1.54) is 54.7 Å². The van der Waals surface area contributed by atoms with Crippen LogP contribution < -0.4 is 14.8 Å². The average molecular weight is 594 g/mol. The molecule has 35 heavy (non-hydrogen) atoms. The van der Waals surface area contributed by atoms with Crippen molar-refractivity contribution in [2.45, 2.75) is 9.79 Å². The topological polar surface area (TPSA) is 134 Å². The van der Waals surface area contributed by atoms with Gasteiger partial charge in [0.05, 0.1) is 21.0 Å². The van der Waals surface area contributed by atoms with Crippen LogP contribution in [0, 0.1) is 0 Å². The summed E-state index contributed by atoms with van der Waals surface area (Å²) in [7, 11) is -7.76. The molecule has 1 amide bonds. The van der Waals surface area contributed by atoms with Gasteiger partial charge >= 0.3 is 0 Å². The molecule has 0 spiro atoms. The summed E-state index contributed by atoms with van der Waals surface area (Å²) < 4.78 is 56.0. The van der Waals surface area contributed by atoms with Gasteiger partial charge in [-0.3, -0.25) is 14.2 Å². The van der Waals surface area contributed by atoms with Crippen LogP contribution in [0.4, 0.5) is 16.5 Å². The zero-order valence-electron chi connectivity index (χ0n) is 17.7. The van der Waals surface area contributed by atoms with Crippen LogP contribution in [-0.2, 0) is 20.0 Å². The summed E-state index contributed by atoms with van der Waals surface area (Å²) in [5.41, 5.74) is 0.517. The lowest BCUT2D eigenvalue weighted by Gasteiger charge is -2.13. The molecule has 1 heterocycles. The van der Waals surface area contributed by atoms with Crippen molar-refractivity contribution in [3.05, 3.63) is 94.4 Å². The monoisotopic (exact) mass is 592 g/mol. The second kappa shape index (κ2) is 10.2. The highest BCUT2D eigenvalue weighted by Gasteiger charge is 2.19. The van der Waals surface area contributed by atoms with Gasteiger partial charge in [-0.25, -0.2) is 21.8 Å². The third kappa shape index (κ3) is 6.06. The van der Waals surface area contributed by atoms with Gasteiger partial charge in [-0.1, -0.05) is 28.1 Å². The Hall–Kier alpha value is -3.26. The number of nitrogens with zero attached hydrogens (tertiary/aromatic N) is 1. The smallest absolute Gasteiger partial charge is 0.263 e. The van der Waals surface area contributed by atoms with Crippen LogP contribution in [0.5, 0.6) is 0 Å². The number of benzene rings is 3. The number of halogens is 1. The Morgan fingerprint density at radius 2 is 1.40 bits per heavy atom. The fourth-order valence-electron chi connectivity index (χ4n) is 2.95. The van der Waals surface area contributed by atoms with Gasteiger partial charge in [-0.05, 0) is 60.7 Å². The fourth-order valence-corrected chi connectivity index (χ4v) is 6.08. The SMILES string of the molecule is O=C(Nc1ccc(S(=O)(=O)Nc2nccs2)cc1)c1ccccc1NS(=O)(=O)c1ccc(Br)cc1. The van der Waals surface area contributed by atoms with Crippen LogP contribution in [0.2, 0.25) is 0 Å². The van der Waals surface area contributed by atoms with Gasteiger partial charge in [-0.2, -0.15) is 0 Å². The van der Waals surface area contributed by atoms with Gasteiger partial charge in [0, 0.05) is 21.7 Å². The first-order valence-electron chi connectivity index (χ1n) is 9.85. The number of rotatable bonds is 8. The second-order valence-corrected chi connectivity index (χ2v) is 12.2. The lowest BCUT2D eigenvalue weighted by molar-refractivity contribution is 0.102. The lowest BCUT2D eigenvalue weighted by atomic mass is 10.1. The third-order valence-corrected chi connectivity index (χ3v) is 8.70. The Bertz CT molecular complexity index is 1560. The summed E-state index contributed by atoms with van der Waals surface area (Å²) in [6, 6.07) is 17.8. The van der Waals surface area contributed by atoms with Gasteiger partial charge in [0.2, 0.25) is 0 Å². The van der Waals surface area contributed by atoms with E-state index in [4.69, 9.17) is 0 Å². The highest BCUT2D eigenvalue weighted by molar-refractivity contribution is 9.10. The normalized spacial score (nSPS) is 11.6. The zero-order valence-corrected chi connectivity index (χ0v) is 21.7. The van der Waals surface area contributed by atoms with Crippen molar-refractivity contribution in [2.75, 3.05) is 14.8 Å². The molecule has 0 bridgehead atoms. The van der Waals surface area contributed by atoms with Gasteiger partial charge in [0.1, 0.15) is 0 Å². The maximum atomic E-state index is 12.9. The van der Waals surface area contributed by atoms with E-state index in [0.717, 1.165) is 15.8 Å². The zero-order chi connectivity index (χ0) is 25.1. The molecule has 0 aliphatic carbocycles. The first-order chi connectivity index (χ1) is 16.6. The van der Waals surface area contributed by atoms with E-state index in [1.54, 1.807) is 29.6 Å². The Balaban J connectivity index is 1.50. The molecule has 0 saturated carbocycles. The standard InChI is InChI=1S/C22H17BrN4O5S3/c23-15-5-9-17(10-6-15)34(29,30)26-20-4-2-1-3-19(20)21(28)25-16-7-11-18(12-8-16)35(31,32)27-22-24-13-14-33-22/h1-14,26H,(H,24,27)(H,25,28). The Morgan fingerprint density at radius 3 is 2.03 bits per heavy atom. The summed E-state index contributed by atoms with van der Waals surface area (Å²) in [4.78, 5) is 16.8. The van der Waals surface area contributed by atoms with Gasteiger partial charge in [-0.15, -0.1) is 11.3 Å². The molecule has 9 nitrogen and oxygen atoms in total. The quantitative estimate of drug-likeness (QED) is 0.270. The molecule has 0 atom stereocenters. The molecule has 0 fully saturated rings. The fraction of sp³-hybridized carbons (Fsp3) is 0. The second-order valence-electron chi connectivity index (χ2n) is 7.03. The molecule has 13 heteroatoms. The number of nitrogens with one attached hydrogen (secondary N) is 3. The molecular formula is C22H17BrN4O5S3. The van der Waals surface area contributed by atoms with Crippen molar-refractivity contribution in [3.63, 3.8) is 0 Å². The minimum atomic E-state index is -3.93. The number of para-hydroxylation sites is 1. The summed E-state index contributed by atoms with van der Waals surface area (Å²) in [5, 5.41) is 4.54. The van der Waals surface area contributed by atoms with Crippen LogP contribution in [0.15, 0.2) is 98.6 Å². The number of hydrogen-bond acceptors (Lipinski definition) is 7. The summed E-state index contributed by atoms with van der Waals surface area (Å²) in [5.74, 6) is -0.573. The predicted molar refractivity (Wildman–Crippen MR) is 139 cm³/mol. The molecule has 4 rings (SSSR count). The summed E-state index contributed by atoms with van der Waals surface area (Å²) >= 11 is 4.41. The van der Waals surface area contributed by atoms with E-state index in [0.29, 0.717) is 5.69 Å². The first-order valence-corrected chi connectivity index (χ1v) is 14.5. The van der Waals surface area contributed by atoms with Gasteiger partial charge in [0.15, 0.2) is 5.13 Å². The molecule has 0 radical (unpaired) electrons. The Morgan fingerprint density at radius 1 is 0.800 bits per heavy atom. The number of carbonyl (C=O) groups is 1. The molecule has 0 aliphatic rings. The number of aromatic nitrogens is 1. The van der Waals surface area contributed by atoms with Crippen molar-refractivity contribution in [1.29, 1.82) is 0 Å². The Kier molecular flexibility index (Phi) is 7.21. The number of anilines is 3. The van der Waals surface area contributed by atoms with Crippen molar-refractivity contribution in [2.24, 2.45) is 0 Å². The molecule has 0 unspecified atom stereocenters. The van der Waals surface area contributed by atoms with Crippen molar-refractivity contribution < 1.29 is 21.6 Å². The summed E-state index contributed by atoms with van der Waals surface area (Å²) in [6.45, 7) is 0. The first kappa shape index (κ1) is 24.9. The number of thiazole rings is 1. The molecule has 0 saturated heterocycles. The highest BCUT2D eigenvalue weighted by atomic mass is 79.9. The van der Waals surface area contributed by atoms with Crippen LogP contribution in [0.25, 0.3) is 0 Å². The van der Waals surface area contributed by atoms with E-state index in [1.807, 2.05) is 0 Å². The van der Waals surface area contributed by atoms with E-state index < -0.39 is 26.0 Å². The van der Waals surface area contributed by atoms with E-state index in [-0.39, 0.29) is 26.2 Å². The average Bonchev–Trinajstić information content (AvgIpc) is 3.32. The van der Waals surface area contributed by atoms with Gasteiger partial charge < -0.3 is 5.32 Å². The predicted octanol–water partition coefficient (Wildman–Crippen LogP) is 4.76. The molecule has 180 valence electrons. The van der Waals surface area contributed by atoms with Crippen molar-refractivity contribution >= 4 is 69.7 Å². The number of carbonyl (C=O) groups excluding carboxylic acids is 1. The van der Waals surface area contributed by atoms with Crippen molar-refractivity contribution in [1.82, 2.24) is 4.98 Å². The maximum Gasteiger partial charge on any atom is 0.263 e. The highest BCUT2D eigenvalue weighted by Crippen LogP contribution is 2.24. The molecule has 3 aromatic carbocycles. The molecule has 0 aliphatic heterocycles. The molecular weight excluding hydrogens is 576 g/mol. The minimum Gasteiger partial charge on any atom is -0.322 e. The largest absolute Gasteiger partial charge is 0.322 e. The van der Waals surface area contributed by atoms with E-state index >= 15 is 0 Å². The van der Waals surface area contributed by atoms with Gasteiger partial charge in [0.25, 0.3) is 26.0 Å². The number of amides is 1. The van der Waals surface area contributed by atoms with E-state index in [2.05, 4.69) is 35.7 Å². The third-order valence-electron chi connectivity index (χ3n) is 4.62. The van der Waals surface area contributed by atoms with Crippen LogP contribution in [0.3, 0.4) is 0 Å². The molecule has 1 aromatic heterocycles. The number of sulfonamides is 2. The number of hydrogen-bond donors (Lipinski definition) is 3.